The van der Waals surface area contributed by atoms with Gasteiger partial charge < -0.3 is 10.5 Å². The van der Waals surface area contributed by atoms with Gasteiger partial charge in [-0.05, 0) is 36.4 Å². The molecule has 0 aliphatic carbocycles. The number of fused-ring (bicyclic) bond motifs is 1. The molecule has 0 saturated heterocycles. The molecule has 2 aromatic carbocycles. The fourth-order valence-electron chi connectivity index (χ4n) is 2.14. The molecule has 0 saturated carbocycles. The minimum atomic E-state index is -0.378. The van der Waals surface area contributed by atoms with Gasteiger partial charge in [0.05, 0.1) is 5.52 Å². The summed E-state index contributed by atoms with van der Waals surface area (Å²) in [4.78, 5) is 4.24. The molecule has 21 heavy (non-hydrogen) atoms. The SMILES string of the molecule is NCc1c(F)cccc1Oc1ccnc2cc(Cl)ccc12. The van der Waals surface area contributed by atoms with E-state index in [1.54, 1.807) is 36.5 Å². The largest absolute Gasteiger partial charge is 0.456 e. The highest BCUT2D eigenvalue weighted by Gasteiger charge is 2.11. The molecule has 0 spiro atoms. The highest BCUT2D eigenvalue weighted by atomic mass is 35.5. The molecule has 1 aromatic heterocycles. The molecule has 3 nitrogen and oxygen atoms in total. The van der Waals surface area contributed by atoms with E-state index < -0.39 is 0 Å². The number of nitrogens with two attached hydrogens (primary N) is 1. The van der Waals surface area contributed by atoms with Gasteiger partial charge in [-0.15, -0.1) is 0 Å². The van der Waals surface area contributed by atoms with Gasteiger partial charge in [0.25, 0.3) is 0 Å². The fourth-order valence-corrected chi connectivity index (χ4v) is 2.30. The molecular weight excluding hydrogens is 291 g/mol. The first kappa shape index (κ1) is 13.8. The first-order valence-corrected chi connectivity index (χ1v) is 6.76. The van der Waals surface area contributed by atoms with E-state index in [9.17, 15) is 4.39 Å². The van der Waals surface area contributed by atoms with Gasteiger partial charge in [-0.1, -0.05) is 17.7 Å². The van der Waals surface area contributed by atoms with Crippen LogP contribution in [0.15, 0.2) is 48.7 Å². The lowest BCUT2D eigenvalue weighted by Gasteiger charge is -2.12. The molecule has 0 amide bonds. The van der Waals surface area contributed by atoms with Crippen molar-refractivity contribution in [3.8, 4) is 11.5 Å². The number of aromatic nitrogens is 1. The highest BCUT2D eigenvalue weighted by Crippen LogP contribution is 2.32. The van der Waals surface area contributed by atoms with Crippen molar-refractivity contribution in [1.82, 2.24) is 4.98 Å². The van der Waals surface area contributed by atoms with E-state index in [0.29, 0.717) is 27.6 Å². The van der Waals surface area contributed by atoms with Crippen LogP contribution in [-0.4, -0.2) is 4.98 Å². The maximum absolute atomic E-state index is 13.7. The number of halogens is 2. The second kappa shape index (κ2) is 5.68. The monoisotopic (exact) mass is 302 g/mol. The van der Waals surface area contributed by atoms with Crippen molar-refractivity contribution < 1.29 is 9.13 Å². The number of benzene rings is 2. The third kappa shape index (κ3) is 2.68. The van der Waals surface area contributed by atoms with Gasteiger partial charge in [0.2, 0.25) is 0 Å². The van der Waals surface area contributed by atoms with Crippen LogP contribution in [0.5, 0.6) is 11.5 Å². The van der Waals surface area contributed by atoms with Gasteiger partial charge in [0.1, 0.15) is 17.3 Å². The van der Waals surface area contributed by atoms with E-state index in [1.165, 1.54) is 6.07 Å². The molecule has 106 valence electrons. The second-order valence-corrected chi connectivity index (χ2v) is 4.93. The van der Waals surface area contributed by atoms with E-state index in [1.807, 2.05) is 6.07 Å². The Kier molecular flexibility index (Phi) is 3.73. The summed E-state index contributed by atoms with van der Waals surface area (Å²) in [5, 5.41) is 1.40. The summed E-state index contributed by atoms with van der Waals surface area (Å²) in [5.41, 5.74) is 6.65. The summed E-state index contributed by atoms with van der Waals surface area (Å²) >= 11 is 5.95. The van der Waals surface area contributed by atoms with Gasteiger partial charge in [0.15, 0.2) is 0 Å². The van der Waals surface area contributed by atoms with Gasteiger partial charge in [-0.2, -0.15) is 0 Å². The van der Waals surface area contributed by atoms with Crippen LogP contribution < -0.4 is 10.5 Å². The van der Waals surface area contributed by atoms with Crippen LogP contribution in [0.4, 0.5) is 4.39 Å². The van der Waals surface area contributed by atoms with E-state index in [2.05, 4.69) is 4.98 Å². The first-order chi connectivity index (χ1) is 10.2. The number of hydrogen-bond donors (Lipinski definition) is 1. The number of nitrogens with zero attached hydrogens (tertiary/aromatic N) is 1. The maximum atomic E-state index is 13.7. The third-order valence-electron chi connectivity index (χ3n) is 3.16. The zero-order valence-corrected chi connectivity index (χ0v) is 11.8. The Hall–Kier alpha value is -2.17. The van der Waals surface area contributed by atoms with Gasteiger partial charge in [0, 0.05) is 28.7 Å². The normalized spacial score (nSPS) is 10.8. The smallest absolute Gasteiger partial charge is 0.138 e. The molecule has 0 bridgehead atoms. The van der Waals surface area contributed by atoms with Crippen LogP contribution in [0.25, 0.3) is 10.9 Å². The number of hydrogen-bond acceptors (Lipinski definition) is 3. The minimum Gasteiger partial charge on any atom is -0.456 e. The molecule has 2 N–H and O–H groups in total. The molecule has 0 aliphatic rings. The zero-order valence-electron chi connectivity index (χ0n) is 11.0. The summed E-state index contributed by atoms with van der Waals surface area (Å²) in [5.74, 6) is 0.605. The average Bonchev–Trinajstić information content (AvgIpc) is 2.47. The Morgan fingerprint density at radius 1 is 1.14 bits per heavy atom. The molecular formula is C16H12ClFN2O. The highest BCUT2D eigenvalue weighted by molar-refractivity contribution is 6.31. The second-order valence-electron chi connectivity index (χ2n) is 4.49. The van der Waals surface area contributed by atoms with Gasteiger partial charge in [-0.3, -0.25) is 4.98 Å². The van der Waals surface area contributed by atoms with Gasteiger partial charge in [-0.25, -0.2) is 4.39 Å². The van der Waals surface area contributed by atoms with Crippen LogP contribution in [-0.2, 0) is 6.54 Å². The van der Waals surface area contributed by atoms with E-state index in [-0.39, 0.29) is 12.4 Å². The van der Waals surface area contributed by atoms with Crippen molar-refractivity contribution in [2.45, 2.75) is 6.54 Å². The van der Waals surface area contributed by atoms with Crippen LogP contribution in [0, 0.1) is 5.82 Å². The molecule has 0 radical (unpaired) electrons. The van der Waals surface area contributed by atoms with Crippen LogP contribution in [0.3, 0.4) is 0 Å². The van der Waals surface area contributed by atoms with Crippen LogP contribution in [0.2, 0.25) is 5.02 Å². The quantitative estimate of drug-likeness (QED) is 0.785. The minimum absolute atomic E-state index is 0.0663. The lowest BCUT2D eigenvalue weighted by Crippen LogP contribution is -2.02. The molecule has 0 unspecified atom stereocenters. The Balaban J connectivity index is 2.09. The number of rotatable bonds is 3. The number of ether oxygens (including phenoxy) is 1. The van der Waals surface area contributed by atoms with Gasteiger partial charge >= 0.3 is 0 Å². The lowest BCUT2D eigenvalue weighted by molar-refractivity contribution is 0.472. The third-order valence-corrected chi connectivity index (χ3v) is 3.40. The molecule has 1 heterocycles. The van der Waals surface area contributed by atoms with Crippen molar-refractivity contribution in [2.75, 3.05) is 0 Å². The molecule has 0 fully saturated rings. The van der Waals surface area contributed by atoms with Crippen molar-refractivity contribution in [1.29, 1.82) is 0 Å². The predicted octanol–water partition coefficient (Wildman–Crippen LogP) is 4.28. The summed E-state index contributed by atoms with van der Waals surface area (Å²) in [7, 11) is 0. The Bertz CT molecular complexity index is 807. The summed E-state index contributed by atoms with van der Waals surface area (Å²) in [6, 6.07) is 11.7. The molecule has 5 heteroatoms. The standard InChI is InChI=1S/C16H12ClFN2O/c17-10-4-5-11-14(8-10)20-7-6-16(11)21-15-3-1-2-13(18)12(15)9-19/h1-8H,9,19H2. The summed E-state index contributed by atoms with van der Waals surface area (Å²) < 4.78 is 19.6. The topological polar surface area (TPSA) is 48.1 Å². The fraction of sp³-hybridized carbons (Fsp3) is 0.0625. The van der Waals surface area contributed by atoms with Crippen LogP contribution >= 0.6 is 11.6 Å². The van der Waals surface area contributed by atoms with E-state index in [4.69, 9.17) is 22.1 Å². The molecule has 3 aromatic rings. The van der Waals surface area contributed by atoms with Crippen molar-refractivity contribution in [2.24, 2.45) is 5.73 Å². The van der Waals surface area contributed by atoms with Crippen molar-refractivity contribution in [3.05, 3.63) is 65.1 Å². The Labute approximate surface area is 126 Å². The number of pyridine rings is 1. The summed E-state index contributed by atoms with van der Waals surface area (Å²) in [6.07, 6.45) is 1.62. The molecule has 3 rings (SSSR count). The lowest BCUT2D eigenvalue weighted by atomic mass is 10.1. The molecule has 0 aliphatic heterocycles. The first-order valence-electron chi connectivity index (χ1n) is 6.38. The summed E-state index contributed by atoms with van der Waals surface area (Å²) in [6.45, 7) is 0.0663. The zero-order chi connectivity index (χ0) is 14.8. The molecule has 0 atom stereocenters. The van der Waals surface area contributed by atoms with Crippen LogP contribution in [0.1, 0.15) is 5.56 Å². The predicted molar refractivity (Wildman–Crippen MR) is 81.1 cm³/mol. The average molecular weight is 303 g/mol. The Morgan fingerprint density at radius 2 is 2.00 bits per heavy atom. The van der Waals surface area contributed by atoms with Crippen molar-refractivity contribution in [3.63, 3.8) is 0 Å². The van der Waals surface area contributed by atoms with E-state index >= 15 is 0 Å². The maximum Gasteiger partial charge on any atom is 0.138 e. The van der Waals surface area contributed by atoms with E-state index in [0.717, 1.165) is 5.39 Å². The van der Waals surface area contributed by atoms with Crippen molar-refractivity contribution >= 4 is 22.5 Å². The Morgan fingerprint density at radius 3 is 2.81 bits per heavy atom.